The molecule has 1 aromatic carbocycles. The number of aromatic nitrogens is 2. The maximum Gasteiger partial charge on any atom is 0.433 e. The number of amides is 1. The van der Waals surface area contributed by atoms with Crippen LogP contribution in [0.2, 0.25) is 0 Å². The minimum Gasteiger partial charge on any atom is -0.458 e. The van der Waals surface area contributed by atoms with E-state index in [4.69, 9.17) is 4.74 Å². The van der Waals surface area contributed by atoms with Crippen molar-refractivity contribution in [3.63, 3.8) is 0 Å². The first-order valence-electron chi connectivity index (χ1n) is 8.26. The number of aryl methyl sites for hydroxylation is 1. The average molecular weight is 365 g/mol. The number of alkyl halides is 3. The molecule has 138 valence electrons. The van der Waals surface area contributed by atoms with Gasteiger partial charge in [0.15, 0.2) is 5.69 Å². The van der Waals surface area contributed by atoms with Gasteiger partial charge in [0.25, 0.3) is 5.91 Å². The van der Waals surface area contributed by atoms with Gasteiger partial charge in [-0.05, 0) is 38.0 Å². The van der Waals surface area contributed by atoms with Crippen molar-refractivity contribution in [3.8, 4) is 6.01 Å². The summed E-state index contributed by atoms with van der Waals surface area (Å²) in [6.45, 7) is 2.77. The average Bonchev–Trinajstić information content (AvgIpc) is 2.61. The molecule has 0 aliphatic carbocycles. The van der Waals surface area contributed by atoms with E-state index in [0.29, 0.717) is 24.9 Å². The first-order valence-corrected chi connectivity index (χ1v) is 8.26. The smallest absolute Gasteiger partial charge is 0.433 e. The van der Waals surface area contributed by atoms with Crippen molar-refractivity contribution >= 4 is 5.91 Å². The van der Waals surface area contributed by atoms with Crippen LogP contribution in [0.15, 0.2) is 36.5 Å². The molecule has 1 fully saturated rings. The molecule has 1 amide bonds. The first kappa shape index (κ1) is 18.2. The van der Waals surface area contributed by atoms with Gasteiger partial charge in [-0.15, -0.1) is 0 Å². The second kappa shape index (κ2) is 7.31. The summed E-state index contributed by atoms with van der Waals surface area (Å²) in [6, 6.07) is 7.75. The number of hydrogen-bond donors (Lipinski definition) is 0. The molecule has 1 atom stereocenters. The number of nitrogens with zero attached hydrogens (tertiary/aromatic N) is 3. The third-order valence-corrected chi connectivity index (χ3v) is 4.13. The molecule has 1 aromatic heterocycles. The van der Waals surface area contributed by atoms with Crippen molar-refractivity contribution in [1.82, 2.24) is 14.9 Å². The third kappa shape index (κ3) is 4.30. The lowest BCUT2D eigenvalue weighted by atomic mass is 10.1. The van der Waals surface area contributed by atoms with Gasteiger partial charge in [-0.1, -0.05) is 17.7 Å². The highest BCUT2D eigenvalue weighted by molar-refractivity contribution is 5.94. The summed E-state index contributed by atoms with van der Waals surface area (Å²) < 4.78 is 43.7. The Kier molecular flexibility index (Phi) is 5.11. The third-order valence-electron chi connectivity index (χ3n) is 4.13. The Morgan fingerprint density at radius 2 is 2.12 bits per heavy atom. The monoisotopic (exact) mass is 365 g/mol. The maximum atomic E-state index is 12.7. The van der Waals surface area contributed by atoms with Gasteiger partial charge in [0.2, 0.25) is 0 Å². The van der Waals surface area contributed by atoms with Crippen LogP contribution in [0.3, 0.4) is 0 Å². The Balaban J connectivity index is 1.68. The Labute approximate surface area is 148 Å². The molecule has 3 rings (SSSR count). The number of carbonyl (C=O) groups is 1. The first-order chi connectivity index (χ1) is 12.3. The highest BCUT2D eigenvalue weighted by Gasteiger charge is 2.33. The summed E-state index contributed by atoms with van der Waals surface area (Å²) >= 11 is 0. The molecule has 0 spiro atoms. The van der Waals surface area contributed by atoms with E-state index in [1.165, 1.54) is 0 Å². The second-order valence-corrected chi connectivity index (χ2v) is 6.22. The predicted octanol–water partition coefficient (Wildman–Crippen LogP) is 3.49. The molecule has 0 saturated carbocycles. The van der Waals surface area contributed by atoms with E-state index in [2.05, 4.69) is 9.97 Å². The molecule has 0 bridgehead atoms. The number of benzene rings is 1. The van der Waals surface area contributed by atoms with Crippen LogP contribution in [0.4, 0.5) is 13.2 Å². The number of rotatable bonds is 3. The van der Waals surface area contributed by atoms with E-state index in [0.717, 1.165) is 17.8 Å². The lowest BCUT2D eigenvalue weighted by Gasteiger charge is -2.32. The molecule has 8 heteroatoms. The van der Waals surface area contributed by atoms with E-state index in [1.807, 2.05) is 25.1 Å². The summed E-state index contributed by atoms with van der Waals surface area (Å²) in [5.41, 5.74) is 0.519. The molecular formula is C18H18F3N3O2. The normalized spacial score (nSPS) is 17.8. The highest BCUT2D eigenvalue weighted by Crippen LogP contribution is 2.28. The molecule has 1 aliphatic heterocycles. The lowest BCUT2D eigenvalue weighted by Crippen LogP contribution is -2.44. The van der Waals surface area contributed by atoms with E-state index in [-0.39, 0.29) is 18.5 Å². The van der Waals surface area contributed by atoms with Gasteiger partial charge < -0.3 is 9.64 Å². The summed E-state index contributed by atoms with van der Waals surface area (Å²) in [6.07, 6.45) is -2.66. The van der Waals surface area contributed by atoms with E-state index in [9.17, 15) is 18.0 Å². The van der Waals surface area contributed by atoms with Gasteiger partial charge in [0, 0.05) is 18.3 Å². The van der Waals surface area contributed by atoms with Crippen molar-refractivity contribution in [1.29, 1.82) is 0 Å². The summed E-state index contributed by atoms with van der Waals surface area (Å²) in [5, 5.41) is 0. The van der Waals surface area contributed by atoms with Gasteiger partial charge in [-0.25, -0.2) is 4.98 Å². The summed E-state index contributed by atoms with van der Waals surface area (Å²) in [7, 11) is 0. The van der Waals surface area contributed by atoms with Crippen LogP contribution in [-0.4, -0.2) is 40.0 Å². The number of likely N-dealkylation sites (tertiary alicyclic amines) is 1. The Morgan fingerprint density at radius 3 is 2.85 bits per heavy atom. The van der Waals surface area contributed by atoms with Crippen LogP contribution in [-0.2, 0) is 6.18 Å². The van der Waals surface area contributed by atoms with Crippen molar-refractivity contribution < 1.29 is 22.7 Å². The molecule has 2 heterocycles. The summed E-state index contributed by atoms with van der Waals surface area (Å²) in [4.78, 5) is 21.4. The maximum absolute atomic E-state index is 12.7. The van der Waals surface area contributed by atoms with Gasteiger partial charge in [-0.2, -0.15) is 18.2 Å². The standard InChI is InChI=1S/C18H18F3N3O2/c1-12-4-2-5-13(10-12)16(25)24-9-3-6-14(11-24)26-17-22-8-7-15(23-17)18(19,20)21/h2,4-5,7-8,10,14H,3,6,9,11H2,1H3. The van der Waals surface area contributed by atoms with Crippen molar-refractivity contribution in [2.24, 2.45) is 0 Å². The van der Waals surface area contributed by atoms with Crippen molar-refractivity contribution in [2.45, 2.75) is 32.0 Å². The fraction of sp³-hybridized carbons (Fsp3) is 0.389. The number of piperidine rings is 1. The molecule has 1 aliphatic rings. The number of hydrogen-bond acceptors (Lipinski definition) is 4. The van der Waals surface area contributed by atoms with Crippen LogP contribution < -0.4 is 4.74 Å². The van der Waals surface area contributed by atoms with Crippen LogP contribution in [0, 0.1) is 6.92 Å². The zero-order valence-electron chi connectivity index (χ0n) is 14.2. The van der Waals surface area contributed by atoms with Crippen LogP contribution in [0.25, 0.3) is 0 Å². The van der Waals surface area contributed by atoms with Crippen LogP contribution >= 0.6 is 0 Å². The van der Waals surface area contributed by atoms with E-state index in [1.54, 1.807) is 11.0 Å². The minimum absolute atomic E-state index is 0.119. The Bertz CT molecular complexity index is 795. The van der Waals surface area contributed by atoms with Gasteiger partial charge >= 0.3 is 12.2 Å². The van der Waals surface area contributed by atoms with Crippen LogP contribution in [0.1, 0.15) is 34.5 Å². The van der Waals surface area contributed by atoms with Gasteiger partial charge in [-0.3, -0.25) is 4.79 Å². The molecule has 5 nitrogen and oxygen atoms in total. The fourth-order valence-electron chi connectivity index (χ4n) is 2.88. The van der Waals surface area contributed by atoms with Crippen LogP contribution in [0.5, 0.6) is 6.01 Å². The van der Waals surface area contributed by atoms with Crippen molar-refractivity contribution in [3.05, 3.63) is 53.3 Å². The number of ether oxygens (including phenoxy) is 1. The van der Waals surface area contributed by atoms with Gasteiger partial charge in [0.05, 0.1) is 6.54 Å². The molecule has 0 radical (unpaired) electrons. The molecule has 1 saturated heterocycles. The Morgan fingerprint density at radius 1 is 1.31 bits per heavy atom. The van der Waals surface area contributed by atoms with E-state index >= 15 is 0 Å². The van der Waals surface area contributed by atoms with E-state index < -0.39 is 18.0 Å². The molecule has 1 unspecified atom stereocenters. The highest BCUT2D eigenvalue weighted by atomic mass is 19.4. The zero-order chi connectivity index (χ0) is 18.7. The predicted molar refractivity (Wildman–Crippen MR) is 87.8 cm³/mol. The molecular weight excluding hydrogens is 347 g/mol. The van der Waals surface area contributed by atoms with Gasteiger partial charge in [0.1, 0.15) is 6.10 Å². The topological polar surface area (TPSA) is 55.3 Å². The Hall–Kier alpha value is -2.64. The molecule has 2 aromatic rings. The van der Waals surface area contributed by atoms with Crippen molar-refractivity contribution in [2.75, 3.05) is 13.1 Å². The fourth-order valence-corrected chi connectivity index (χ4v) is 2.88. The minimum atomic E-state index is -4.55. The SMILES string of the molecule is Cc1cccc(C(=O)N2CCCC(Oc3nccc(C(F)(F)F)n3)C2)c1. The number of halogens is 3. The second-order valence-electron chi connectivity index (χ2n) is 6.22. The zero-order valence-corrected chi connectivity index (χ0v) is 14.2. The summed E-state index contributed by atoms with van der Waals surface area (Å²) in [5.74, 6) is -0.119. The molecule has 26 heavy (non-hydrogen) atoms. The largest absolute Gasteiger partial charge is 0.458 e. The quantitative estimate of drug-likeness (QED) is 0.836. The lowest BCUT2D eigenvalue weighted by molar-refractivity contribution is -0.141. The number of carbonyl (C=O) groups excluding carboxylic acids is 1. The molecule has 0 N–H and O–H groups in total.